The highest BCUT2D eigenvalue weighted by Crippen LogP contribution is 2.33. The summed E-state index contributed by atoms with van der Waals surface area (Å²) in [5, 5.41) is 2.82. The van der Waals surface area contributed by atoms with E-state index < -0.39 is 33.3 Å². The number of anilines is 2. The highest BCUT2D eigenvalue weighted by molar-refractivity contribution is 7.93. The molecule has 0 saturated carbocycles. The van der Waals surface area contributed by atoms with Gasteiger partial charge in [-0.1, -0.05) is 6.07 Å². The van der Waals surface area contributed by atoms with Crippen molar-refractivity contribution in [3.8, 4) is 0 Å². The SMILES string of the molecule is Cc1nc(N2CCCC(F)(F)CC2)c(C(=O)Nc2cccc(S(C)(=O)=NC(=O)OC(C)(C)C)c2)c(C)c1C. The molecule has 1 N–H and O–H groups in total. The molecule has 1 fully saturated rings. The molecule has 0 spiro atoms. The number of nitrogens with zero attached hydrogens (tertiary/aromatic N) is 3. The molecule has 0 bridgehead atoms. The lowest BCUT2D eigenvalue weighted by Crippen LogP contribution is -2.30. The van der Waals surface area contributed by atoms with Crippen LogP contribution in [-0.4, -0.2) is 52.1 Å². The van der Waals surface area contributed by atoms with Crippen molar-refractivity contribution < 1.29 is 27.3 Å². The Kier molecular flexibility index (Phi) is 8.50. The quantitative estimate of drug-likeness (QED) is 0.481. The Balaban J connectivity index is 1.95. The van der Waals surface area contributed by atoms with Gasteiger partial charge in [0.15, 0.2) is 0 Å². The van der Waals surface area contributed by atoms with Crippen LogP contribution in [0.15, 0.2) is 33.5 Å². The maximum atomic E-state index is 14.0. The summed E-state index contributed by atoms with van der Waals surface area (Å²) in [7, 11) is -3.16. The normalized spacial score (nSPS) is 17.2. The van der Waals surface area contributed by atoms with Crippen molar-refractivity contribution in [3.05, 3.63) is 46.6 Å². The fourth-order valence-corrected chi connectivity index (χ4v) is 5.28. The Labute approximate surface area is 223 Å². The van der Waals surface area contributed by atoms with E-state index in [-0.39, 0.29) is 30.7 Å². The molecular formula is C27H36F2N4O4S. The second-order valence-corrected chi connectivity index (χ2v) is 13.0. The highest BCUT2D eigenvalue weighted by Gasteiger charge is 2.33. The minimum absolute atomic E-state index is 0.0851. The lowest BCUT2D eigenvalue weighted by atomic mass is 10.0. The standard InChI is InChI=1S/C27H36F2N4O4S/c1-17-18(2)22(23(30-19(17)3)33-14-9-12-27(28,29)13-15-33)24(34)31-20-10-8-11-21(16-20)38(7,36)32-25(35)37-26(4,5)6/h8,10-11,16H,9,12-15H2,1-7H3,(H,31,34). The zero-order chi connectivity index (χ0) is 28.5. The topological polar surface area (TPSA) is 101 Å². The van der Waals surface area contributed by atoms with E-state index in [1.165, 1.54) is 12.3 Å². The molecule has 1 atom stereocenters. The van der Waals surface area contributed by atoms with Crippen molar-refractivity contribution in [3.63, 3.8) is 0 Å². The van der Waals surface area contributed by atoms with Gasteiger partial charge in [-0.15, -0.1) is 4.36 Å². The number of aromatic nitrogens is 1. The van der Waals surface area contributed by atoms with Crippen LogP contribution in [0.3, 0.4) is 0 Å². The third-order valence-corrected chi connectivity index (χ3v) is 8.02. The number of aryl methyl sites for hydroxylation is 1. The summed E-state index contributed by atoms with van der Waals surface area (Å²) in [5.74, 6) is -2.84. The summed E-state index contributed by atoms with van der Waals surface area (Å²) < 4.78 is 50.2. The second-order valence-electron chi connectivity index (χ2n) is 10.7. The Hall–Kier alpha value is -3.08. The second kappa shape index (κ2) is 11.0. The largest absolute Gasteiger partial charge is 0.442 e. The van der Waals surface area contributed by atoms with Crippen LogP contribution in [0.1, 0.15) is 67.2 Å². The van der Waals surface area contributed by atoms with Crippen LogP contribution >= 0.6 is 0 Å². The fraction of sp³-hybridized carbons (Fsp3) is 0.519. The number of halogens is 2. The summed E-state index contributed by atoms with van der Waals surface area (Å²) in [4.78, 5) is 32.4. The first-order chi connectivity index (χ1) is 17.5. The van der Waals surface area contributed by atoms with Crippen LogP contribution in [0.25, 0.3) is 0 Å². The number of carbonyl (C=O) groups excluding carboxylic acids is 2. The van der Waals surface area contributed by atoms with Gasteiger partial charge in [0.2, 0.25) is 5.92 Å². The molecule has 1 unspecified atom stereocenters. The Morgan fingerprint density at radius 1 is 1.13 bits per heavy atom. The summed E-state index contributed by atoms with van der Waals surface area (Å²) in [6.07, 6.45) is 0.157. The predicted octanol–water partition coefficient (Wildman–Crippen LogP) is 6.28. The van der Waals surface area contributed by atoms with Crippen molar-refractivity contribution in [2.75, 3.05) is 29.6 Å². The zero-order valence-corrected chi connectivity index (χ0v) is 23.8. The molecule has 3 rings (SSSR count). The average molecular weight is 551 g/mol. The minimum Gasteiger partial charge on any atom is -0.442 e. The Bertz CT molecular complexity index is 1360. The van der Waals surface area contributed by atoms with Gasteiger partial charge >= 0.3 is 6.09 Å². The molecule has 38 heavy (non-hydrogen) atoms. The van der Waals surface area contributed by atoms with Crippen molar-refractivity contribution in [2.24, 2.45) is 4.36 Å². The van der Waals surface area contributed by atoms with Crippen molar-refractivity contribution in [2.45, 2.75) is 77.2 Å². The third-order valence-electron chi connectivity index (χ3n) is 6.39. The predicted molar refractivity (Wildman–Crippen MR) is 145 cm³/mol. The van der Waals surface area contributed by atoms with E-state index in [9.17, 15) is 22.6 Å². The molecule has 1 aliphatic heterocycles. The number of amides is 2. The van der Waals surface area contributed by atoms with Crippen molar-refractivity contribution in [1.82, 2.24) is 4.98 Å². The van der Waals surface area contributed by atoms with Crippen LogP contribution in [0.5, 0.6) is 0 Å². The summed E-state index contributed by atoms with van der Waals surface area (Å²) in [6.45, 7) is 11.0. The fourth-order valence-electron chi connectivity index (χ4n) is 4.18. The molecule has 2 heterocycles. The molecular weight excluding hydrogens is 514 g/mol. The molecule has 1 aromatic heterocycles. The van der Waals surface area contributed by atoms with E-state index in [0.717, 1.165) is 11.3 Å². The number of hydrogen-bond donors (Lipinski definition) is 1. The summed E-state index contributed by atoms with van der Waals surface area (Å²) >= 11 is 0. The number of nitrogens with one attached hydrogen (secondary N) is 1. The van der Waals surface area contributed by atoms with E-state index in [0.29, 0.717) is 29.2 Å². The molecule has 2 aromatic rings. The highest BCUT2D eigenvalue weighted by atomic mass is 32.2. The van der Waals surface area contributed by atoms with Crippen LogP contribution in [0, 0.1) is 20.8 Å². The van der Waals surface area contributed by atoms with Gasteiger partial charge < -0.3 is 15.0 Å². The first kappa shape index (κ1) is 29.5. The zero-order valence-electron chi connectivity index (χ0n) is 23.0. The number of carbonyl (C=O) groups is 2. The van der Waals surface area contributed by atoms with Gasteiger partial charge in [0.05, 0.1) is 15.3 Å². The number of rotatable bonds is 4. The summed E-state index contributed by atoms with van der Waals surface area (Å²) in [6, 6.07) is 6.27. The smallest absolute Gasteiger partial charge is 0.442 e. The molecule has 0 aliphatic carbocycles. The lowest BCUT2D eigenvalue weighted by molar-refractivity contribution is -0.0102. The van der Waals surface area contributed by atoms with Crippen molar-refractivity contribution >= 4 is 33.2 Å². The van der Waals surface area contributed by atoms with E-state index in [4.69, 9.17) is 4.74 Å². The monoisotopic (exact) mass is 550 g/mol. The van der Waals surface area contributed by atoms with Gasteiger partial charge in [0.25, 0.3) is 5.91 Å². The first-order valence-corrected chi connectivity index (χ1v) is 14.4. The Morgan fingerprint density at radius 3 is 2.47 bits per heavy atom. The molecule has 208 valence electrons. The van der Waals surface area contributed by atoms with E-state index in [1.807, 2.05) is 20.8 Å². The van der Waals surface area contributed by atoms with E-state index >= 15 is 0 Å². The number of pyridine rings is 1. The molecule has 1 aromatic carbocycles. The van der Waals surface area contributed by atoms with Crippen molar-refractivity contribution in [1.29, 1.82) is 0 Å². The van der Waals surface area contributed by atoms with Gasteiger partial charge in [0.1, 0.15) is 11.4 Å². The number of benzene rings is 1. The molecule has 8 nitrogen and oxygen atoms in total. The van der Waals surface area contributed by atoms with Crippen LogP contribution in [0.2, 0.25) is 0 Å². The molecule has 0 radical (unpaired) electrons. The lowest BCUT2D eigenvalue weighted by Gasteiger charge is -2.26. The third kappa shape index (κ3) is 7.27. The Morgan fingerprint density at radius 2 is 1.82 bits per heavy atom. The van der Waals surface area contributed by atoms with Gasteiger partial charge in [-0.05, 0) is 77.3 Å². The van der Waals surface area contributed by atoms with E-state index in [1.54, 1.807) is 43.9 Å². The van der Waals surface area contributed by atoms with E-state index in [2.05, 4.69) is 14.7 Å². The van der Waals surface area contributed by atoms with Gasteiger partial charge in [-0.3, -0.25) is 4.79 Å². The van der Waals surface area contributed by atoms with Gasteiger partial charge in [0, 0.05) is 48.5 Å². The minimum atomic E-state index is -3.16. The number of ether oxygens (including phenoxy) is 1. The maximum Gasteiger partial charge on any atom is 0.442 e. The van der Waals surface area contributed by atoms with Gasteiger partial charge in [-0.2, -0.15) is 0 Å². The first-order valence-electron chi connectivity index (χ1n) is 12.5. The van der Waals surface area contributed by atoms with Crippen LogP contribution < -0.4 is 10.2 Å². The molecule has 11 heteroatoms. The van der Waals surface area contributed by atoms with Crippen LogP contribution in [-0.2, 0) is 14.5 Å². The maximum absolute atomic E-state index is 14.0. The van der Waals surface area contributed by atoms with Crippen LogP contribution in [0.4, 0.5) is 25.1 Å². The summed E-state index contributed by atoms with van der Waals surface area (Å²) in [5.41, 5.74) is 2.12. The van der Waals surface area contributed by atoms with Gasteiger partial charge in [-0.25, -0.2) is 22.8 Å². The molecule has 2 amide bonds. The molecule has 1 saturated heterocycles. The number of alkyl halides is 2. The number of hydrogen-bond acceptors (Lipinski definition) is 6. The molecule has 1 aliphatic rings. The average Bonchev–Trinajstić information content (AvgIpc) is 2.96.